The summed E-state index contributed by atoms with van der Waals surface area (Å²) in [5.41, 5.74) is 0.593. The largest absolute Gasteiger partial charge is 0.363 e. The highest BCUT2D eigenvalue weighted by Gasteiger charge is 2.01. The van der Waals surface area contributed by atoms with Crippen molar-refractivity contribution >= 4 is 27.5 Å². The fourth-order valence-corrected chi connectivity index (χ4v) is 0.936. The molecular weight excluding hydrogens is 212 g/mol. The van der Waals surface area contributed by atoms with E-state index in [2.05, 4.69) is 30.9 Å². The Kier molecular flexibility index (Phi) is 3.10. The molecule has 1 heterocycles. The summed E-state index contributed by atoms with van der Waals surface area (Å²) >= 11 is 3.15. The van der Waals surface area contributed by atoms with Gasteiger partial charge in [0.1, 0.15) is 12.0 Å². The quantitative estimate of drug-likeness (QED) is 0.781. The van der Waals surface area contributed by atoms with Gasteiger partial charge in [-0.15, -0.1) is 0 Å². The molecule has 1 rings (SSSR count). The van der Waals surface area contributed by atoms with Gasteiger partial charge in [0.25, 0.3) is 0 Å². The number of aromatic nitrogens is 1. The van der Waals surface area contributed by atoms with Gasteiger partial charge in [-0.25, -0.2) is 0 Å². The second-order valence-corrected chi connectivity index (χ2v) is 2.69. The van der Waals surface area contributed by atoms with E-state index in [1.165, 1.54) is 12.5 Å². The predicted octanol–water partition coefficient (Wildman–Crippen LogP) is 1.40. The highest BCUT2D eigenvalue weighted by atomic mass is 79.9. The number of carbonyl (C=O) groups excluding carboxylic acids is 1. The van der Waals surface area contributed by atoms with Gasteiger partial charge < -0.3 is 9.84 Å². The molecule has 0 aromatic carbocycles. The SMILES string of the molecule is O=C(CCBr)Nc1cnoc1. The van der Waals surface area contributed by atoms with Crippen molar-refractivity contribution in [3.8, 4) is 0 Å². The molecule has 1 aromatic rings. The van der Waals surface area contributed by atoms with Gasteiger partial charge in [0.15, 0.2) is 0 Å². The minimum atomic E-state index is -0.0509. The van der Waals surface area contributed by atoms with Crippen LogP contribution in [-0.4, -0.2) is 16.4 Å². The number of anilines is 1. The summed E-state index contributed by atoms with van der Waals surface area (Å²) in [5.74, 6) is -0.0509. The topological polar surface area (TPSA) is 55.1 Å². The zero-order valence-electron chi connectivity index (χ0n) is 5.71. The van der Waals surface area contributed by atoms with Crippen LogP contribution < -0.4 is 5.32 Å². The Bertz CT molecular complexity index is 222. The summed E-state index contributed by atoms with van der Waals surface area (Å²) in [6, 6.07) is 0. The van der Waals surface area contributed by atoms with Crippen LogP contribution in [0, 0.1) is 0 Å². The van der Waals surface area contributed by atoms with Gasteiger partial charge in [0, 0.05) is 11.8 Å². The molecule has 0 aliphatic heterocycles. The van der Waals surface area contributed by atoms with Crippen LogP contribution in [-0.2, 0) is 4.79 Å². The Morgan fingerprint density at radius 2 is 2.64 bits per heavy atom. The summed E-state index contributed by atoms with van der Waals surface area (Å²) in [6.45, 7) is 0. The van der Waals surface area contributed by atoms with Crippen molar-refractivity contribution in [1.82, 2.24) is 5.16 Å². The van der Waals surface area contributed by atoms with Crippen LogP contribution in [0.25, 0.3) is 0 Å². The molecule has 60 valence electrons. The first kappa shape index (κ1) is 8.26. The highest BCUT2D eigenvalue weighted by Crippen LogP contribution is 2.04. The van der Waals surface area contributed by atoms with Crippen LogP contribution in [0.5, 0.6) is 0 Å². The van der Waals surface area contributed by atoms with Crippen LogP contribution in [0.1, 0.15) is 6.42 Å². The Morgan fingerprint density at radius 3 is 3.18 bits per heavy atom. The lowest BCUT2D eigenvalue weighted by atomic mass is 10.4. The number of hydrogen-bond acceptors (Lipinski definition) is 3. The summed E-state index contributed by atoms with van der Waals surface area (Å²) in [4.78, 5) is 10.9. The number of hydrogen-bond donors (Lipinski definition) is 1. The molecule has 0 saturated carbocycles. The van der Waals surface area contributed by atoms with Gasteiger partial charge in [0.2, 0.25) is 5.91 Å². The monoisotopic (exact) mass is 218 g/mol. The maximum Gasteiger partial charge on any atom is 0.225 e. The Labute approximate surface area is 72.1 Å². The summed E-state index contributed by atoms with van der Waals surface area (Å²) in [5, 5.41) is 6.69. The third kappa shape index (κ3) is 2.71. The first-order chi connectivity index (χ1) is 5.33. The van der Waals surface area contributed by atoms with E-state index in [0.717, 1.165) is 0 Å². The smallest absolute Gasteiger partial charge is 0.225 e. The minimum absolute atomic E-state index is 0.0509. The van der Waals surface area contributed by atoms with Crippen LogP contribution in [0.15, 0.2) is 17.0 Å². The molecular formula is C6H7BrN2O2. The van der Waals surface area contributed by atoms with Gasteiger partial charge in [-0.3, -0.25) is 4.79 Å². The molecule has 4 nitrogen and oxygen atoms in total. The number of rotatable bonds is 3. The van der Waals surface area contributed by atoms with E-state index in [1.54, 1.807) is 0 Å². The van der Waals surface area contributed by atoms with E-state index in [0.29, 0.717) is 17.4 Å². The molecule has 0 radical (unpaired) electrons. The number of nitrogens with zero attached hydrogens (tertiary/aromatic N) is 1. The van der Waals surface area contributed by atoms with Crippen LogP contribution in [0.4, 0.5) is 5.69 Å². The van der Waals surface area contributed by atoms with Crippen molar-refractivity contribution in [3.63, 3.8) is 0 Å². The lowest BCUT2D eigenvalue weighted by Crippen LogP contribution is -2.10. The van der Waals surface area contributed by atoms with Gasteiger partial charge >= 0.3 is 0 Å². The Hall–Kier alpha value is -0.840. The van der Waals surface area contributed by atoms with E-state index in [4.69, 9.17) is 0 Å². The van der Waals surface area contributed by atoms with Crippen molar-refractivity contribution < 1.29 is 9.32 Å². The Morgan fingerprint density at radius 1 is 1.82 bits per heavy atom. The number of alkyl halides is 1. The number of carbonyl (C=O) groups is 1. The summed E-state index contributed by atoms with van der Waals surface area (Å²) < 4.78 is 4.52. The second kappa shape index (κ2) is 4.12. The van der Waals surface area contributed by atoms with E-state index >= 15 is 0 Å². The lowest BCUT2D eigenvalue weighted by Gasteiger charge is -1.96. The molecule has 0 spiro atoms. The van der Waals surface area contributed by atoms with Crippen molar-refractivity contribution in [2.75, 3.05) is 10.6 Å². The molecule has 1 amide bonds. The number of nitrogens with one attached hydrogen (secondary N) is 1. The molecule has 0 fully saturated rings. The average Bonchev–Trinajstić information content (AvgIpc) is 2.40. The molecule has 0 bridgehead atoms. The maximum atomic E-state index is 10.9. The van der Waals surface area contributed by atoms with E-state index in [-0.39, 0.29) is 5.91 Å². The van der Waals surface area contributed by atoms with E-state index in [9.17, 15) is 4.79 Å². The fraction of sp³-hybridized carbons (Fsp3) is 0.333. The maximum absolute atomic E-state index is 10.9. The second-order valence-electron chi connectivity index (χ2n) is 1.90. The highest BCUT2D eigenvalue weighted by molar-refractivity contribution is 9.09. The number of amides is 1. The Balaban J connectivity index is 2.37. The zero-order chi connectivity index (χ0) is 8.10. The van der Waals surface area contributed by atoms with Crippen molar-refractivity contribution in [1.29, 1.82) is 0 Å². The average molecular weight is 219 g/mol. The van der Waals surface area contributed by atoms with Crippen LogP contribution >= 0.6 is 15.9 Å². The first-order valence-electron chi connectivity index (χ1n) is 3.08. The van der Waals surface area contributed by atoms with Gasteiger partial charge in [-0.05, 0) is 0 Å². The van der Waals surface area contributed by atoms with Crippen molar-refractivity contribution in [2.24, 2.45) is 0 Å². The predicted molar refractivity (Wildman–Crippen MR) is 43.5 cm³/mol. The molecule has 0 atom stereocenters. The fourth-order valence-electron chi connectivity index (χ4n) is 0.576. The van der Waals surface area contributed by atoms with E-state index in [1.807, 2.05) is 0 Å². The van der Waals surface area contributed by atoms with Crippen LogP contribution in [0.2, 0.25) is 0 Å². The van der Waals surface area contributed by atoms with Crippen molar-refractivity contribution in [3.05, 3.63) is 12.5 Å². The van der Waals surface area contributed by atoms with Gasteiger partial charge in [0.05, 0.1) is 6.20 Å². The molecule has 0 aliphatic rings. The molecule has 0 unspecified atom stereocenters. The van der Waals surface area contributed by atoms with Gasteiger partial charge in [-0.2, -0.15) is 0 Å². The third-order valence-corrected chi connectivity index (χ3v) is 1.43. The third-order valence-electron chi connectivity index (χ3n) is 1.04. The summed E-state index contributed by atoms with van der Waals surface area (Å²) in [6.07, 6.45) is 3.28. The van der Waals surface area contributed by atoms with E-state index < -0.39 is 0 Å². The summed E-state index contributed by atoms with van der Waals surface area (Å²) in [7, 11) is 0. The van der Waals surface area contributed by atoms with Crippen LogP contribution in [0.3, 0.4) is 0 Å². The number of halogens is 1. The van der Waals surface area contributed by atoms with Gasteiger partial charge in [-0.1, -0.05) is 21.1 Å². The first-order valence-corrected chi connectivity index (χ1v) is 4.20. The molecule has 1 aromatic heterocycles. The normalized spacial score (nSPS) is 9.55. The van der Waals surface area contributed by atoms with Crippen molar-refractivity contribution in [2.45, 2.75) is 6.42 Å². The molecule has 11 heavy (non-hydrogen) atoms. The lowest BCUT2D eigenvalue weighted by molar-refractivity contribution is -0.115. The molecule has 1 N–H and O–H groups in total. The molecule has 0 saturated heterocycles. The molecule has 0 aliphatic carbocycles. The molecule has 5 heteroatoms. The standard InChI is InChI=1S/C6H7BrN2O2/c7-2-1-6(10)9-5-3-8-11-4-5/h3-4H,1-2H2,(H,9,10). The zero-order valence-corrected chi connectivity index (χ0v) is 7.30. The minimum Gasteiger partial charge on any atom is -0.363 e.